The molecule has 1 atom stereocenters. The van der Waals surface area contributed by atoms with Crippen LogP contribution >= 0.6 is 11.8 Å². The molecule has 4 nitrogen and oxygen atoms in total. The second-order valence-corrected chi connectivity index (χ2v) is 7.29. The lowest BCUT2D eigenvalue weighted by atomic mass is 9.91. The van der Waals surface area contributed by atoms with Crippen molar-refractivity contribution in [3.63, 3.8) is 0 Å². The lowest BCUT2D eigenvalue weighted by Gasteiger charge is -2.27. The molecule has 0 aromatic heterocycles. The molecular formula is C17H22O4S. The Balaban J connectivity index is 1.90. The lowest BCUT2D eigenvalue weighted by Crippen LogP contribution is -2.25. The molecule has 3 rings (SSSR count). The van der Waals surface area contributed by atoms with Gasteiger partial charge in [0.2, 0.25) is 0 Å². The Kier molecular flexibility index (Phi) is 4.52. The van der Waals surface area contributed by atoms with Gasteiger partial charge >= 0.3 is 5.97 Å². The van der Waals surface area contributed by atoms with Crippen LogP contribution in [0.15, 0.2) is 18.2 Å². The average Bonchev–Trinajstić information content (AvgIpc) is 3.28. The molecule has 1 aliphatic carbocycles. The number of benzene rings is 1. The monoisotopic (exact) mass is 322 g/mol. The number of aliphatic carboxylic acids is 1. The van der Waals surface area contributed by atoms with Crippen LogP contribution in [0.25, 0.3) is 0 Å². The zero-order chi connectivity index (χ0) is 15.6. The van der Waals surface area contributed by atoms with Crippen LogP contribution in [0, 0.1) is 0 Å². The number of hydrogen-bond donors (Lipinski definition) is 1. The highest BCUT2D eigenvalue weighted by Gasteiger charge is 2.48. The van der Waals surface area contributed by atoms with Gasteiger partial charge in [-0.1, -0.05) is 12.1 Å². The second-order valence-electron chi connectivity index (χ2n) is 6.14. The van der Waals surface area contributed by atoms with Crippen LogP contribution in [0.1, 0.15) is 37.7 Å². The Morgan fingerprint density at radius 3 is 2.86 bits per heavy atom. The van der Waals surface area contributed by atoms with Crippen molar-refractivity contribution in [3.05, 3.63) is 23.8 Å². The third-order valence-corrected chi connectivity index (χ3v) is 5.70. The highest BCUT2D eigenvalue weighted by atomic mass is 32.2. The standard InChI is InChI=1S/C17H22O4S/c1-20-14-6-2-5-13(17(7-8-17)10-15(18)19)16(14)21-12-4-3-9-22-11-12/h2,5-6,12H,3-4,7-11H2,1H3,(H,18,19). The van der Waals surface area contributed by atoms with Crippen molar-refractivity contribution in [1.29, 1.82) is 0 Å². The van der Waals surface area contributed by atoms with Gasteiger partial charge in [-0.15, -0.1) is 0 Å². The van der Waals surface area contributed by atoms with Gasteiger partial charge in [0.05, 0.1) is 13.5 Å². The maximum absolute atomic E-state index is 11.2. The fraction of sp³-hybridized carbons (Fsp3) is 0.588. The van der Waals surface area contributed by atoms with E-state index < -0.39 is 5.97 Å². The Bertz CT molecular complexity index is 548. The fourth-order valence-corrected chi connectivity index (χ4v) is 4.20. The first-order valence-corrected chi connectivity index (χ1v) is 8.94. The van der Waals surface area contributed by atoms with Crippen LogP contribution in [0.2, 0.25) is 0 Å². The lowest BCUT2D eigenvalue weighted by molar-refractivity contribution is -0.137. The quantitative estimate of drug-likeness (QED) is 0.869. The first-order chi connectivity index (χ1) is 10.6. The molecule has 1 N–H and O–H groups in total. The average molecular weight is 322 g/mol. The summed E-state index contributed by atoms with van der Waals surface area (Å²) >= 11 is 1.92. The van der Waals surface area contributed by atoms with Gasteiger partial charge in [-0.05, 0) is 37.5 Å². The van der Waals surface area contributed by atoms with Crippen LogP contribution in [-0.2, 0) is 10.2 Å². The number of carbonyl (C=O) groups is 1. The molecule has 0 bridgehead atoms. The van der Waals surface area contributed by atoms with Crippen molar-refractivity contribution < 1.29 is 19.4 Å². The van der Waals surface area contributed by atoms with Gasteiger partial charge in [0.1, 0.15) is 6.10 Å². The van der Waals surface area contributed by atoms with Gasteiger partial charge in [0, 0.05) is 16.7 Å². The number of hydrogen-bond acceptors (Lipinski definition) is 4. The SMILES string of the molecule is COc1cccc(C2(CC(=O)O)CC2)c1OC1CCCSC1. The molecule has 1 aromatic carbocycles. The first kappa shape index (κ1) is 15.5. The molecular weight excluding hydrogens is 300 g/mol. The van der Waals surface area contributed by atoms with E-state index >= 15 is 0 Å². The molecule has 1 unspecified atom stereocenters. The summed E-state index contributed by atoms with van der Waals surface area (Å²) in [5.74, 6) is 2.91. The molecule has 22 heavy (non-hydrogen) atoms. The predicted molar refractivity (Wildman–Crippen MR) is 87.1 cm³/mol. The molecule has 1 aliphatic heterocycles. The molecule has 2 aliphatic rings. The smallest absolute Gasteiger partial charge is 0.304 e. The van der Waals surface area contributed by atoms with Crippen LogP contribution in [0.3, 0.4) is 0 Å². The minimum absolute atomic E-state index is 0.163. The third kappa shape index (κ3) is 3.19. The highest BCUT2D eigenvalue weighted by Crippen LogP contribution is 2.55. The Morgan fingerprint density at radius 2 is 2.27 bits per heavy atom. The number of para-hydroxylation sites is 1. The van der Waals surface area contributed by atoms with Crippen LogP contribution < -0.4 is 9.47 Å². The van der Waals surface area contributed by atoms with Crippen molar-refractivity contribution in [2.75, 3.05) is 18.6 Å². The molecule has 2 fully saturated rings. The maximum Gasteiger partial charge on any atom is 0.304 e. The van der Waals surface area contributed by atoms with Gasteiger partial charge < -0.3 is 14.6 Å². The van der Waals surface area contributed by atoms with Gasteiger partial charge in [0.15, 0.2) is 11.5 Å². The molecule has 0 radical (unpaired) electrons. The minimum Gasteiger partial charge on any atom is -0.493 e. The van der Waals surface area contributed by atoms with E-state index in [9.17, 15) is 9.90 Å². The van der Waals surface area contributed by atoms with E-state index in [-0.39, 0.29) is 17.9 Å². The zero-order valence-corrected chi connectivity index (χ0v) is 13.7. The number of rotatable bonds is 6. The van der Waals surface area contributed by atoms with Crippen molar-refractivity contribution >= 4 is 17.7 Å². The molecule has 1 saturated carbocycles. The van der Waals surface area contributed by atoms with Crippen LogP contribution in [-0.4, -0.2) is 35.8 Å². The Hall–Kier alpha value is -1.36. The summed E-state index contributed by atoms with van der Waals surface area (Å²) in [5, 5.41) is 9.21. The summed E-state index contributed by atoms with van der Waals surface area (Å²) in [5.41, 5.74) is 0.738. The molecule has 1 aromatic rings. The molecule has 1 saturated heterocycles. The Morgan fingerprint density at radius 1 is 1.45 bits per heavy atom. The minimum atomic E-state index is -0.750. The number of carboxylic acid groups (broad SMARTS) is 1. The van der Waals surface area contributed by atoms with E-state index in [0.29, 0.717) is 5.75 Å². The van der Waals surface area contributed by atoms with Crippen LogP contribution in [0.5, 0.6) is 11.5 Å². The fourth-order valence-electron chi connectivity index (χ4n) is 3.17. The summed E-state index contributed by atoms with van der Waals surface area (Å²) in [6.45, 7) is 0. The maximum atomic E-state index is 11.2. The summed E-state index contributed by atoms with van der Waals surface area (Å²) in [4.78, 5) is 11.2. The normalized spacial score (nSPS) is 22.9. The van der Waals surface area contributed by atoms with E-state index in [0.717, 1.165) is 36.3 Å². The van der Waals surface area contributed by atoms with Gasteiger partial charge in [0.25, 0.3) is 0 Å². The number of ether oxygens (including phenoxy) is 2. The summed E-state index contributed by atoms with van der Waals surface area (Å²) in [6, 6.07) is 5.83. The topological polar surface area (TPSA) is 55.8 Å². The van der Waals surface area contributed by atoms with Crippen molar-refractivity contribution in [2.24, 2.45) is 0 Å². The van der Waals surface area contributed by atoms with Gasteiger partial charge in [-0.3, -0.25) is 4.79 Å². The highest BCUT2D eigenvalue weighted by molar-refractivity contribution is 7.99. The van der Waals surface area contributed by atoms with Crippen LogP contribution in [0.4, 0.5) is 0 Å². The molecule has 5 heteroatoms. The van der Waals surface area contributed by atoms with Crippen molar-refractivity contribution in [1.82, 2.24) is 0 Å². The zero-order valence-electron chi connectivity index (χ0n) is 12.8. The summed E-state index contributed by atoms with van der Waals surface area (Å²) < 4.78 is 11.8. The largest absolute Gasteiger partial charge is 0.493 e. The molecule has 120 valence electrons. The van der Waals surface area contributed by atoms with Gasteiger partial charge in [-0.2, -0.15) is 11.8 Å². The molecule has 1 heterocycles. The molecule has 0 spiro atoms. The summed E-state index contributed by atoms with van der Waals surface area (Å²) in [6.07, 6.45) is 4.38. The van der Waals surface area contributed by atoms with E-state index in [2.05, 4.69) is 0 Å². The van der Waals surface area contributed by atoms with E-state index in [4.69, 9.17) is 9.47 Å². The van der Waals surface area contributed by atoms with Crippen molar-refractivity contribution in [3.8, 4) is 11.5 Å². The Labute approximate surface area is 135 Å². The first-order valence-electron chi connectivity index (χ1n) is 7.78. The number of thioether (sulfide) groups is 1. The number of carboxylic acids is 1. The second kappa shape index (κ2) is 6.41. The van der Waals surface area contributed by atoms with E-state index in [1.165, 1.54) is 12.2 Å². The number of methoxy groups -OCH3 is 1. The summed E-state index contributed by atoms with van der Waals surface area (Å²) in [7, 11) is 1.64. The van der Waals surface area contributed by atoms with E-state index in [1.54, 1.807) is 7.11 Å². The molecule has 0 amide bonds. The predicted octanol–water partition coefficient (Wildman–Crippen LogP) is 3.48. The van der Waals surface area contributed by atoms with Gasteiger partial charge in [-0.25, -0.2) is 0 Å². The van der Waals surface area contributed by atoms with E-state index in [1.807, 2.05) is 30.0 Å². The van der Waals surface area contributed by atoms with Crippen molar-refractivity contribution in [2.45, 2.75) is 43.6 Å². The third-order valence-electron chi connectivity index (χ3n) is 4.52.